The van der Waals surface area contributed by atoms with Crippen LogP contribution in [0.4, 0.5) is 0 Å². The third-order valence-electron chi connectivity index (χ3n) is 0.783. The zero-order valence-electron chi connectivity index (χ0n) is 5.05. The van der Waals surface area contributed by atoms with Gasteiger partial charge in [0.05, 0.1) is 0 Å². The molecule has 0 rings (SSSR count). The van der Waals surface area contributed by atoms with Gasteiger partial charge in [0.2, 0.25) is 0 Å². The van der Waals surface area contributed by atoms with Crippen LogP contribution in [-0.2, 0) is 0 Å². The molecule has 9 heavy (non-hydrogen) atoms. The lowest BCUT2D eigenvalue weighted by atomic mass is 10.2. The van der Waals surface area contributed by atoms with E-state index in [-0.39, 0.29) is 40.0 Å². The molecule has 0 bridgehead atoms. The summed E-state index contributed by atoms with van der Waals surface area (Å²) in [5.41, 5.74) is 10.6. The first-order valence-electron chi connectivity index (χ1n) is 2.33. The standard InChI is InChI=1S/C4H11BrN2.2BrH/c5-2-1-4(7)3-6;;/h4H,1-3,6-7H2;2*1H. The Hall–Kier alpha value is 1.36. The predicted molar refractivity (Wildman–Crippen MR) is 56.1 cm³/mol. The molecule has 0 aromatic rings. The van der Waals surface area contributed by atoms with E-state index >= 15 is 0 Å². The number of alkyl halides is 1. The summed E-state index contributed by atoms with van der Waals surface area (Å²) in [4.78, 5) is 0. The minimum absolute atomic E-state index is 0. The van der Waals surface area contributed by atoms with E-state index in [0.29, 0.717) is 6.54 Å². The second kappa shape index (κ2) is 12.1. The highest BCUT2D eigenvalue weighted by Gasteiger charge is 1.93. The first kappa shape index (κ1) is 16.8. The highest BCUT2D eigenvalue weighted by Crippen LogP contribution is 1.89. The van der Waals surface area contributed by atoms with Crippen molar-refractivity contribution in [3.8, 4) is 0 Å². The van der Waals surface area contributed by atoms with Crippen molar-refractivity contribution >= 4 is 49.9 Å². The van der Waals surface area contributed by atoms with Crippen molar-refractivity contribution in [2.45, 2.75) is 12.5 Å². The maximum absolute atomic E-state index is 5.43. The van der Waals surface area contributed by atoms with Crippen LogP contribution in [0.2, 0.25) is 0 Å². The SMILES string of the molecule is Br.Br.NCC(N)CCBr. The van der Waals surface area contributed by atoms with Gasteiger partial charge in [-0.15, -0.1) is 34.0 Å². The fraction of sp³-hybridized carbons (Fsp3) is 1.00. The first-order chi connectivity index (χ1) is 3.31. The van der Waals surface area contributed by atoms with Crippen LogP contribution in [0, 0.1) is 0 Å². The van der Waals surface area contributed by atoms with Crippen LogP contribution in [0.5, 0.6) is 0 Å². The monoisotopic (exact) mass is 326 g/mol. The van der Waals surface area contributed by atoms with Gasteiger partial charge < -0.3 is 11.5 Å². The third-order valence-corrected chi connectivity index (χ3v) is 1.24. The average Bonchev–Trinajstić information content (AvgIpc) is 1.68. The Balaban J connectivity index is -0.000000180. The molecule has 0 heterocycles. The van der Waals surface area contributed by atoms with Gasteiger partial charge in [-0.2, -0.15) is 0 Å². The molecule has 0 aliphatic rings. The van der Waals surface area contributed by atoms with E-state index in [1.54, 1.807) is 0 Å². The Morgan fingerprint density at radius 1 is 1.33 bits per heavy atom. The molecule has 0 aliphatic heterocycles. The smallest absolute Gasteiger partial charge is 0.0171 e. The molecule has 0 saturated heterocycles. The highest BCUT2D eigenvalue weighted by molar-refractivity contribution is 9.09. The van der Waals surface area contributed by atoms with Crippen LogP contribution in [0.3, 0.4) is 0 Å². The number of rotatable bonds is 3. The van der Waals surface area contributed by atoms with Crippen LogP contribution in [0.25, 0.3) is 0 Å². The van der Waals surface area contributed by atoms with Gasteiger partial charge in [0.25, 0.3) is 0 Å². The minimum Gasteiger partial charge on any atom is -0.329 e. The summed E-state index contributed by atoms with van der Waals surface area (Å²) in [6.45, 7) is 0.589. The van der Waals surface area contributed by atoms with Crippen molar-refractivity contribution in [3.05, 3.63) is 0 Å². The quantitative estimate of drug-likeness (QED) is 0.765. The molecule has 0 amide bonds. The van der Waals surface area contributed by atoms with Gasteiger partial charge in [-0.05, 0) is 6.42 Å². The molecule has 60 valence electrons. The van der Waals surface area contributed by atoms with Crippen molar-refractivity contribution < 1.29 is 0 Å². The Kier molecular flexibility index (Phi) is 22.5. The molecule has 0 saturated carbocycles. The number of hydrogen-bond donors (Lipinski definition) is 2. The molecule has 2 nitrogen and oxygen atoms in total. The van der Waals surface area contributed by atoms with E-state index in [4.69, 9.17) is 11.5 Å². The normalized spacial score (nSPS) is 11.0. The van der Waals surface area contributed by atoms with Gasteiger partial charge >= 0.3 is 0 Å². The zero-order valence-corrected chi connectivity index (χ0v) is 10.1. The van der Waals surface area contributed by atoms with Crippen LogP contribution in [0.1, 0.15) is 6.42 Å². The predicted octanol–water partition coefficient (Wildman–Crippen LogP) is 1.21. The fourth-order valence-electron chi connectivity index (χ4n) is 0.258. The van der Waals surface area contributed by atoms with Crippen molar-refractivity contribution in [2.24, 2.45) is 11.5 Å². The number of halogens is 3. The maximum Gasteiger partial charge on any atom is 0.0171 e. The summed E-state index contributed by atoms with van der Waals surface area (Å²) in [5, 5.41) is 0.950. The maximum atomic E-state index is 5.43. The van der Waals surface area contributed by atoms with E-state index in [0.717, 1.165) is 11.8 Å². The molecular weight excluding hydrogens is 316 g/mol. The second-order valence-electron chi connectivity index (χ2n) is 1.47. The Morgan fingerprint density at radius 2 is 1.78 bits per heavy atom. The van der Waals surface area contributed by atoms with Crippen LogP contribution < -0.4 is 11.5 Å². The van der Waals surface area contributed by atoms with Crippen molar-refractivity contribution in [2.75, 3.05) is 11.9 Å². The van der Waals surface area contributed by atoms with E-state index in [2.05, 4.69) is 15.9 Å². The molecule has 0 aromatic heterocycles. The minimum atomic E-state index is 0. The average molecular weight is 329 g/mol. The fourth-order valence-corrected chi connectivity index (χ4v) is 0.846. The van der Waals surface area contributed by atoms with Gasteiger partial charge in [0, 0.05) is 17.9 Å². The molecule has 5 heteroatoms. The molecule has 0 fully saturated rings. The highest BCUT2D eigenvalue weighted by atomic mass is 79.9. The summed E-state index contributed by atoms with van der Waals surface area (Å²) >= 11 is 3.26. The second-order valence-corrected chi connectivity index (χ2v) is 2.27. The van der Waals surface area contributed by atoms with E-state index in [9.17, 15) is 0 Å². The summed E-state index contributed by atoms with van der Waals surface area (Å²) in [6, 6.07) is 0.180. The van der Waals surface area contributed by atoms with Crippen LogP contribution >= 0.6 is 49.9 Å². The van der Waals surface area contributed by atoms with Crippen molar-refractivity contribution in [1.82, 2.24) is 0 Å². The molecule has 0 radical (unpaired) electrons. The lowest BCUT2D eigenvalue weighted by molar-refractivity contribution is 0.667. The first-order valence-corrected chi connectivity index (χ1v) is 3.45. The van der Waals surface area contributed by atoms with Gasteiger partial charge in [-0.1, -0.05) is 15.9 Å². The number of hydrogen-bond acceptors (Lipinski definition) is 2. The van der Waals surface area contributed by atoms with Crippen LogP contribution in [-0.4, -0.2) is 17.9 Å². The van der Waals surface area contributed by atoms with Crippen molar-refractivity contribution in [3.63, 3.8) is 0 Å². The summed E-state index contributed by atoms with van der Waals surface area (Å²) in [7, 11) is 0. The summed E-state index contributed by atoms with van der Waals surface area (Å²) < 4.78 is 0. The Bertz CT molecular complexity index is 44.8. The topological polar surface area (TPSA) is 52.0 Å². The van der Waals surface area contributed by atoms with Gasteiger partial charge in [-0.3, -0.25) is 0 Å². The summed E-state index contributed by atoms with van der Waals surface area (Å²) in [5.74, 6) is 0. The van der Waals surface area contributed by atoms with E-state index in [1.165, 1.54) is 0 Å². The molecule has 4 N–H and O–H groups in total. The van der Waals surface area contributed by atoms with Crippen LogP contribution in [0.15, 0.2) is 0 Å². The largest absolute Gasteiger partial charge is 0.329 e. The summed E-state index contributed by atoms with van der Waals surface area (Å²) in [6.07, 6.45) is 0.969. The molecule has 1 atom stereocenters. The van der Waals surface area contributed by atoms with E-state index < -0.39 is 0 Å². The van der Waals surface area contributed by atoms with E-state index in [1.807, 2.05) is 0 Å². The number of nitrogens with two attached hydrogens (primary N) is 2. The van der Waals surface area contributed by atoms with Gasteiger partial charge in [-0.25, -0.2) is 0 Å². The molecule has 1 unspecified atom stereocenters. The third kappa shape index (κ3) is 12.5. The van der Waals surface area contributed by atoms with Gasteiger partial charge in [0.1, 0.15) is 0 Å². The Morgan fingerprint density at radius 3 is 1.89 bits per heavy atom. The van der Waals surface area contributed by atoms with Gasteiger partial charge in [0.15, 0.2) is 0 Å². The molecule has 0 spiro atoms. The lowest BCUT2D eigenvalue weighted by Crippen LogP contribution is -2.29. The molecule has 0 aliphatic carbocycles. The lowest BCUT2D eigenvalue weighted by Gasteiger charge is -2.02. The Labute approximate surface area is 85.4 Å². The molecule has 0 aromatic carbocycles. The zero-order chi connectivity index (χ0) is 5.70. The van der Waals surface area contributed by atoms with Crippen molar-refractivity contribution in [1.29, 1.82) is 0 Å². The molecular formula is C4H13Br3N2.